The number of nitrogens with one attached hydrogen (secondary N) is 1. The summed E-state index contributed by atoms with van der Waals surface area (Å²) in [5.41, 5.74) is 0. The summed E-state index contributed by atoms with van der Waals surface area (Å²) in [7, 11) is 0. The van der Waals surface area contributed by atoms with Crippen LogP contribution in [0.25, 0.3) is 0 Å². The van der Waals surface area contributed by atoms with Gasteiger partial charge in [0.25, 0.3) is 0 Å². The highest BCUT2D eigenvalue weighted by molar-refractivity contribution is 5.76. The first kappa shape index (κ1) is 86.1. The third-order valence-corrected chi connectivity index (χ3v) is 18.9. The minimum Gasteiger partial charge on any atom is -0.466 e. The number of aliphatic hydroxyl groups excluding tert-OH is 2. The second kappa shape index (κ2) is 77.5. The van der Waals surface area contributed by atoms with Crippen LogP contribution in [-0.4, -0.2) is 47.4 Å². The van der Waals surface area contributed by atoms with E-state index in [-0.39, 0.29) is 18.5 Å². The van der Waals surface area contributed by atoms with Gasteiger partial charge in [0, 0.05) is 12.8 Å². The van der Waals surface area contributed by atoms with Crippen LogP contribution < -0.4 is 5.32 Å². The Balaban J connectivity index is 3.37. The van der Waals surface area contributed by atoms with E-state index in [0.717, 1.165) is 51.4 Å². The molecule has 2 unspecified atom stereocenters. The molecule has 0 aliphatic carbocycles. The average Bonchev–Trinajstić information content (AvgIpc) is 3.58. The lowest BCUT2D eigenvalue weighted by molar-refractivity contribution is -0.143. The molecule has 0 spiro atoms. The molecule has 0 rings (SSSR count). The number of hydrogen-bond donors (Lipinski definition) is 3. The summed E-state index contributed by atoms with van der Waals surface area (Å²) in [6, 6.07) is -0.543. The second-order valence-corrected chi connectivity index (χ2v) is 27.7. The molecule has 0 aromatic carbocycles. The molecule has 0 aliphatic heterocycles. The summed E-state index contributed by atoms with van der Waals surface area (Å²) in [4.78, 5) is 24.7. The van der Waals surface area contributed by atoms with Crippen LogP contribution in [0.15, 0.2) is 36.5 Å². The molecule has 88 heavy (non-hydrogen) atoms. The number of esters is 1. The predicted molar refractivity (Wildman–Crippen MR) is 389 cm³/mol. The predicted octanol–water partition coefficient (Wildman–Crippen LogP) is 26.6. The van der Waals surface area contributed by atoms with Crippen molar-refractivity contribution in [1.29, 1.82) is 0 Å². The molecule has 520 valence electrons. The smallest absolute Gasteiger partial charge is 0.305 e. The topological polar surface area (TPSA) is 95.9 Å². The standard InChI is InChI=1S/C82H157NO5/c1-3-5-7-9-11-13-15-17-19-21-23-24-32-35-39-42-46-50-54-58-62-66-70-74-80(85)79(78-84)83-81(86)75-71-67-63-59-55-51-47-43-40-36-33-30-28-26-25-27-29-31-34-37-41-45-49-53-57-61-65-69-73-77-88-82(87)76-72-68-64-60-56-52-48-44-38-22-20-18-16-14-12-10-8-6-4-2/h12,14,18,20,25,27,79-80,84-85H,3-11,13,15-17,19,21-24,26,28-78H2,1-2H3,(H,83,86)/b14-12-,20-18-,27-25-. The lowest BCUT2D eigenvalue weighted by atomic mass is 10.0. The zero-order valence-corrected chi connectivity index (χ0v) is 59.7. The largest absolute Gasteiger partial charge is 0.466 e. The molecule has 0 aromatic rings. The van der Waals surface area contributed by atoms with E-state index >= 15 is 0 Å². The SMILES string of the molecule is CCCCC/C=C\C/C=C\CCCCCCCCCCCC(=O)OCCCCCCCCCCCCCC/C=C\CCCCCCCCCCCCCCCC(=O)NC(CO)C(O)CCCCCCCCCCCCCCCCCCCCCCCCC. The van der Waals surface area contributed by atoms with Crippen molar-refractivity contribution >= 4 is 11.9 Å². The number of rotatable bonds is 76. The summed E-state index contributed by atoms with van der Waals surface area (Å²) >= 11 is 0. The maximum Gasteiger partial charge on any atom is 0.305 e. The highest BCUT2D eigenvalue weighted by Crippen LogP contribution is 2.20. The molecule has 6 nitrogen and oxygen atoms in total. The zero-order valence-electron chi connectivity index (χ0n) is 59.7. The molecule has 0 saturated heterocycles. The van der Waals surface area contributed by atoms with Gasteiger partial charge in [-0.1, -0.05) is 391 Å². The van der Waals surface area contributed by atoms with Crippen LogP contribution >= 0.6 is 0 Å². The van der Waals surface area contributed by atoms with E-state index in [1.807, 2.05) is 0 Å². The Labute approximate surface area is 551 Å². The van der Waals surface area contributed by atoms with Gasteiger partial charge < -0.3 is 20.3 Å². The van der Waals surface area contributed by atoms with Crippen LogP contribution in [-0.2, 0) is 14.3 Å². The first-order chi connectivity index (χ1) is 43.5. The highest BCUT2D eigenvalue weighted by atomic mass is 16.5. The van der Waals surface area contributed by atoms with Crippen LogP contribution in [0.2, 0.25) is 0 Å². The number of amides is 1. The fourth-order valence-corrected chi connectivity index (χ4v) is 12.8. The van der Waals surface area contributed by atoms with Gasteiger partial charge in [-0.25, -0.2) is 0 Å². The molecule has 3 N–H and O–H groups in total. The lowest BCUT2D eigenvalue weighted by Crippen LogP contribution is -2.45. The van der Waals surface area contributed by atoms with Gasteiger partial charge in [0.2, 0.25) is 5.91 Å². The van der Waals surface area contributed by atoms with E-state index in [0.29, 0.717) is 25.9 Å². The molecule has 1 amide bonds. The summed E-state index contributed by atoms with van der Waals surface area (Å²) in [6.45, 7) is 4.98. The van der Waals surface area contributed by atoms with E-state index in [4.69, 9.17) is 4.74 Å². The van der Waals surface area contributed by atoms with Crippen molar-refractivity contribution in [2.45, 2.75) is 463 Å². The van der Waals surface area contributed by atoms with Gasteiger partial charge in [-0.2, -0.15) is 0 Å². The van der Waals surface area contributed by atoms with E-state index in [1.165, 1.54) is 366 Å². The fraction of sp³-hybridized carbons (Fsp3) is 0.902. The Morgan fingerprint density at radius 2 is 0.568 bits per heavy atom. The molecule has 0 aromatic heterocycles. The molecular formula is C82H157NO5. The third kappa shape index (κ3) is 73.1. The maximum atomic E-state index is 12.6. The number of ether oxygens (including phenoxy) is 1. The van der Waals surface area contributed by atoms with Gasteiger partial charge in [0.05, 0.1) is 25.4 Å². The van der Waals surface area contributed by atoms with E-state index in [1.54, 1.807) is 0 Å². The minimum absolute atomic E-state index is 0.0137. The third-order valence-electron chi connectivity index (χ3n) is 18.9. The van der Waals surface area contributed by atoms with Crippen LogP contribution in [0.5, 0.6) is 0 Å². The first-order valence-corrected chi connectivity index (χ1v) is 40.2. The average molecular weight is 1240 g/mol. The van der Waals surface area contributed by atoms with Crippen LogP contribution in [0, 0.1) is 0 Å². The molecule has 6 heteroatoms. The van der Waals surface area contributed by atoms with Gasteiger partial charge in [0.1, 0.15) is 0 Å². The van der Waals surface area contributed by atoms with Gasteiger partial charge in [0.15, 0.2) is 0 Å². The molecule has 0 saturated carbocycles. The molecular weight excluding hydrogens is 1080 g/mol. The van der Waals surface area contributed by atoms with E-state index in [9.17, 15) is 19.8 Å². The monoisotopic (exact) mass is 1240 g/mol. The normalized spacial score (nSPS) is 12.6. The van der Waals surface area contributed by atoms with Crippen molar-refractivity contribution in [3.05, 3.63) is 36.5 Å². The van der Waals surface area contributed by atoms with Crippen LogP contribution in [0.3, 0.4) is 0 Å². The maximum absolute atomic E-state index is 12.6. The second-order valence-electron chi connectivity index (χ2n) is 27.7. The zero-order chi connectivity index (χ0) is 63.5. The Hall–Kier alpha value is -1.92. The molecule has 0 radical (unpaired) electrons. The van der Waals surface area contributed by atoms with Gasteiger partial charge in [-0.05, 0) is 83.5 Å². The number of carbonyl (C=O) groups is 2. The van der Waals surface area contributed by atoms with Gasteiger partial charge >= 0.3 is 5.97 Å². The molecule has 0 bridgehead atoms. The summed E-state index contributed by atoms with van der Waals surface area (Å²) in [6.07, 6.45) is 101. The molecule has 0 fully saturated rings. The van der Waals surface area contributed by atoms with Crippen molar-refractivity contribution in [1.82, 2.24) is 5.32 Å². The summed E-state index contributed by atoms with van der Waals surface area (Å²) in [5.74, 6) is -0.0152. The van der Waals surface area contributed by atoms with Gasteiger partial charge in [-0.15, -0.1) is 0 Å². The van der Waals surface area contributed by atoms with Crippen molar-refractivity contribution in [2.24, 2.45) is 0 Å². The molecule has 0 aliphatic rings. The van der Waals surface area contributed by atoms with Gasteiger partial charge in [-0.3, -0.25) is 9.59 Å². The Bertz CT molecular complexity index is 1430. The number of aliphatic hydroxyl groups is 2. The Kier molecular flexibility index (Phi) is 75.8. The Morgan fingerprint density at radius 1 is 0.318 bits per heavy atom. The van der Waals surface area contributed by atoms with Crippen molar-refractivity contribution < 1.29 is 24.5 Å². The van der Waals surface area contributed by atoms with Crippen molar-refractivity contribution in [2.75, 3.05) is 13.2 Å². The summed E-state index contributed by atoms with van der Waals surface area (Å²) < 4.78 is 5.51. The van der Waals surface area contributed by atoms with E-state index < -0.39 is 12.1 Å². The Morgan fingerprint density at radius 3 is 0.898 bits per heavy atom. The molecule has 2 atom stereocenters. The number of unbranched alkanes of at least 4 members (excludes halogenated alkanes) is 59. The first-order valence-electron chi connectivity index (χ1n) is 40.2. The van der Waals surface area contributed by atoms with Crippen molar-refractivity contribution in [3.8, 4) is 0 Å². The number of allylic oxidation sites excluding steroid dienone is 6. The quantitative estimate of drug-likeness (QED) is 0.0320. The van der Waals surface area contributed by atoms with Crippen molar-refractivity contribution in [3.63, 3.8) is 0 Å². The lowest BCUT2D eigenvalue weighted by Gasteiger charge is -2.22. The number of carbonyl (C=O) groups excluding carboxylic acids is 2. The van der Waals surface area contributed by atoms with Crippen LogP contribution in [0.1, 0.15) is 450 Å². The number of hydrogen-bond acceptors (Lipinski definition) is 5. The van der Waals surface area contributed by atoms with E-state index in [2.05, 4.69) is 55.6 Å². The minimum atomic E-state index is -0.666. The highest BCUT2D eigenvalue weighted by Gasteiger charge is 2.20. The summed E-state index contributed by atoms with van der Waals surface area (Å²) in [5, 5.41) is 23.5. The molecule has 0 heterocycles. The fourth-order valence-electron chi connectivity index (χ4n) is 12.8. The van der Waals surface area contributed by atoms with Crippen LogP contribution in [0.4, 0.5) is 0 Å².